The lowest BCUT2D eigenvalue weighted by molar-refractivity contribution is 0.0942. The minimum atomic E-state index is -0.180. The van der Waals surface area contributed by atoms with Gasteiger partial charge in [0.05, 0.1) is 0 Å². The Morgan fingerprint density at radius 1 is 0.643 bits per heavy atom. The van der Waals surface area contributed by atoms with Gasteiger partial charge in [-0.3, -0.25) is 9.59 Å². The predicted molar refractivity (Wildman–Crippen MR) is 112 cm³/mol. The third-order valence-electron chi connectivity index (χ3n) is 4.10. The molecule has 6 heteroatoms. The smallest absolute Gasteiger partial charge is 0.251 e. The van der Waals surface area contributed by atoms with E-state index in [4.69, 9.17) is 23.2 Å². The van der Waals surface area contributed by atoms with Crippen molar-refractivity contribution in [3.8, 4) is 0 Å². The van der Waals surface area contributed by atoms with Crippen LogP contribution in [0.4, 0.5) is 0 Å². The summed E-state index contributed by atoms with van der Waals surface area (Å²) in [6, 6.07) is 21.3. The van der Waals surface area contributed by atoms with Crippen molar-refractivity contribution in [1.82, 2.24) is 10.6 Å². The van der Waals surface area contributed by atoms with E-state index in [0.29, 0.717) is 34.3 Å². The lowest BCUT2D eigenvalue weighted by Gasteiger charge is -2.08. The highest BCUT2D eigenvalue weighted by molar-refractivity contribution is 6.31. The molecule has 0 aromatic heterocycles. The molecule has 0 radical (unpaired) electrons. The summed E-state index contributed by atoms with van der Waals surface area (Å²) in [5, 5.41) is 6.77. The van der Waals surface area contributed by atoms with Crippen LogP contribution in [-0.2, 0) is 13.1 Å². The normalized spacial score (nSPS) is 10.4. The van der Waals surface area contributed by atoms with Crippen LogP contribution < -0.4 is 10.6 Å². The van der Waals surface area contributed by atoms with Crippen LogP contribution in [0.1, 0.15) is 31.8 Å². The third-order valence-corrected chi connectivity index (χ3v) is 4.57. The maximum atomic E-state index is 12.1. The monoisotopic (exact) mass is 412 g/mol. The molecule has 0 unspecified atom stereocenters. The number of halogens is 2. The van der Waals surface area contributed by atoms with Gasteiger partial charge in [-0.1, -0.05) is 59.6 Å². The van der Waals surface area contributed by atoms with Gasteiger partial charge >= 0.3 is 0 Å². The number of nitrogens with one attached hydrogen (secondary N) is 2. The number of amides is 2. The molecule has 142 valence electrons. The van der Waals surface area contributed by atoms with Crippen LogP contribution in [0.3, 0.4) is 0 Å². The minimum Gasteiger partial charge on any atom is -0.348 e. The van der Waals surface area contributed by atoms with Gasteiger partial charge in [0, 0.05) is 34.3 Å². The molecule has 2 N–H and O–H groups in total. The van der Waals surface area contributed by atoms with Gasteiger partial charge in [-0.25, -0.2) is 0 Å². The summed E-state index contributed by atoms with van der Waals surface area (Å²) in [7, 11) is 0. The number of rotatable bonds is 6. The van der Waals surface area contributed by atoms with Gasteiger partial charge in [-0.15, -0.1) is 0 Å². The average Bonchev–Trinajstić information content (AvgIpc) is 2.71. The maximum Gasteiger partial charge on any atom is 0.251 e. The van der Waals surface area contributed by atoms with Crippen LogP contribution in [-0.4, -0.2) is 11.8 Å². The molecule has 0 atom stereocenters. The van der Waals surface area contributed by atoms with Crippen molar-refractivity contribution >= 4 is 35.0 Å². The Bertz CT molecular complexity index is 907. The number of carbonyl (C=O) groups is 2. The fourth-order valence-corrected chi connectivity index (χ4v) is 2.98. The lowest BCUT2D eigenvalue weighted by Crippen LogP contribution is -2.23. The molecule has 0 saturated heterocycles. The van der Waals surface area contributed by atoms with Gasteiger partial charge in [0.2, 0.25) is 0 Å². The molecule has 0 spiro atoms. The molecule has 28 heavy (non-hydrogen) atoms. The fraction of sp³-hybridized carbons (Fsp3) is 0.0909. The average molecular weight is 413 g/mol. The molecule has 0 aliphatic rings. The Morgan fingerprint density at radius 2 is 1.04 bits per heavy atom. The first kappa shape index (κ1) is 19.9. The first-order valence-electron chi connectivity index (χ1n) is 8.66. The largest absolute Gasteiger partial charge is 0.348 e. The number of carbonyl (C=O) groups excluding carboxylic acids is 2. The quantitative estimate of drug-likeness (QED) is 0.607. The molecule has 0 fully saturated rings. The first-order valence-corrected chi connectivity index (χ1v) is 9.42. The van der Waals surface area contributed by atoms with E-state index in [1.54, 1.807) is 48.5 Å². The highest BCUT2D eigenvalue weighted by atomic mass is 35.5. The van der Waals surface area contributed by atoms with Crippen LogP contribution >= 0.6 is 23.2 Å². The van der Waals surface area contributed by atoms with Crippen molar-refractivity contribution < 1.29 is 9.59 Å². The van der Waals surface area contributed by atoms with E-state index in [1.165, 1.54) is 0 Å². The van der Waals surface area contributed by atoms with Crippen molar-refractivity contribution in [2.24, 2.45) is 0 Å². The molecule has 3 aromatic rings. The molecule has 0 aliphatic carbocycles. The molecule has 3 aromatic carbocycles. The van der Waals surface area contributed by atoms with E-state index >= 15 is 0 Å². The highest BCUT2D eigenvalue weighted by Crippen LogP contribution is 2.12. The zero-order valence-electron chi connectivity index (χ0n) is 14.9. The van der Waals surface area contributed by atoms with Crippen molar-refractivity contribution in [2.45, 2.75) is 13.1 Å². The Balaban J connectivity index is 1.51. The second-order valence-corrected chi connectivity index (χ2v) is 7.08. The molecular formula is C22H18Cl2N2O2. The van der Waals surface area contributed by atoms with E-state index in [2.05, 4.69) is 10.6 Å². The van der Waals surface area contributed by atoms with Gasteiger partial charge in [0.15, 0.2) is 0 Å². The SMILES string of the molecule is O=C(NCc1ccc(CNC(=O)c2cccc(Cl)c2)cc1)c1cccc(Cl)c1. The predicted octanol–water partition coefficient (Wildman–Crippen LogP) is 4.85. The van der Waals surface area contributed by atoms with Gasteiger partial charge in [-0.05, 0) is 47.5 Å². The molecule has 0 aliphatic heterocycles. The van der Waals surface area contributed by atoms with Crippen molar-refractivity contribution in [3.05, 3.63) is 105 Å². The van der Waals surface area contributed by atoms with E-state index in [0.717, 1.165) is 11.1 Å². The van der Waals surface area contributed by atoms with E-state index in [1.807, 2.05) is 24.3 Å². The van der Waals surface area contributed by atoms with Gasteiger partial charge < -0.3 is 10.6 Å². The second-order valence-electron chi connectivity index (χ2n) is 6.20. The summed E-state index contributed by atoms with van der Waals surface area (Å²) in [5.74, 6) is -0.360. The molecule has 0 saturated carbocycles. The molecular weight excluding hydrogens is 395 g/mol. The maximum absolute atomic E-state index is 12.1. The van der Waals surface area contributed by atoms with E-state index < -0.39 is 0 Å². The van der Waals surface area contributed by atoms with Crippen LogP contribution in [0.25, 0.3) is 0 Å². The standard InChI is InChI=1S/C22H18Cl2N2O2/c23-19-5-1-3-17(11-19)21(27)25-13-15-7-9-16(10-8-15)14-26-22(28)18-4-2-6-20(24)12-18/h1-12H,13-14H2,(H,25,27)(H,26,28). The number of hydrogen-bond donors (Lipinski definition) is 2. The molecule has 3 rings (SSSR count). The number of hydrogen-bond acceptors (Lipinski definition) is 2. The topological polar surface area (TPSA) is 58.2 Å². The summed E-state index contributed by atoms with van der Waals surface area (Å²) in [5.41, 5.74) is 2.96. The van der Waals surface area contributed by atoms with Crippen LogP contribution in [0, 0.1) is 0 Å². The van der Waals surface area contributed by atoms with Crippen LogP contribution in [0.5, 0.6) is 0 Å². The molecule has 0 heterocycles. The van der Waals surface area contributed by atoms with Gasteiger partial charge in [0.1, 0.15) is 0 Å². The van der Waals surface area contributed by atoms with Crippen molar-refractivity contribution in [1.29, 1.82) is 0 Å². The summed E-state index contributed by atoms with van der Waals surface area (Å²) in [6.45, 7) is 0.807. The summed E-state index contributed by atoms with van der Waals surface area (Å²) in [6.07, 6.45) is 0. The lowest BCUT2D eigenvalue weighted by atomic mass is 10.1. The Kier molecular flexibility index (Phi) is 6.69. The first-order chi connectivity index (χ1) is 13.5. The summed E-state index contributed by atoms with van der Waals surface area (Å²) in [4.78, 5) is 24.3. The van der Waals surface area contributed by atoms with Crippen molar-refractivity contribution in [2.75, 3.05) is 0 Å². The Morgan fingerprint density at radius 3 is 1.39 bits per heavy atom. The fourth-order valence-electron chi connectivity index (χ4n) is 2.60. The van der Waals surface area contributed by atoms with Gasteiger partial charge in [0.25, 0.3) is 11.8 Å². The van der Waals surface area contributed by atoms with E-state index in [-0.39, 0.29) is 11.8 Å². The van der Waals surface area contributed by atoms with Crippen molar-refractivity contribution in [3.63, 3.8) is 0 Å². The number of benzene rings is 3. The van der Waals surface area contributed by atoms with Gasteiger partial charge in [-0.2, -0.15) is 0 Å². The summed E-state index contributed by atoms with van der Waals surface area (Å²) >= 11 is 11.8. The Hall–Kier alpha value is -2.82. The van der Waals surface area contributed by atoms with E-state index in [9.17, 15) is 9.59 Å². The van der Waals surface area contributed by atoms with Crippen LogP contribution in [0.2, 0.25) is 10.0 Å². The highest BCUT2D eigenvalue weighted by Gasteiger charge is 2.07. The molecule has 0 bridgehead atoms. The second kappa shape index (κ2) is 9.40. The third kappa shape index (κ3) is 5.59. The Labute approximate surface area is 173 Å². The molecule has 4 nitrogen and oxygen atoms in total. The zero-order valence-corrected chi connectivity index (χ0v) is 16.4. The summed E-state index contributed by atoms with van der Waals surface area (Å²) < 4.78 is 0. The zero-order chi connectivity index (χ0) is 19.9. The molecule has 2 amide bonds. The minimum absolute atomic E-state index is 0.180. The van der Waals surface area contributed by atoms with Crippen LogP contribution in [0.15, 0.2) is 72.8 Å².